The number of hydrogen-bond acceptors (Lipinski definition) is 2. The predicted molar refractivity (Wildman–Crippen MR) is 69.5 cm³/mol. The van der Waals surface area contributed by atoms with E-state index in [1.54, 1.807) is 28.2 Å². The zero-order valence-corrected chi connectivity index (χ0v) is 11.6. The second-order valence-corrected chi connectivity index (χ2v) is 5.62. The molecule has 0 saturated heterocycles. The lowest BCUT2D eigenvalue weighted by molar-refractivity contribution is 0.754. The first kappa shape index (κ1) is 11.1. The average molecular weight is 349 g/mol. The molecule has 0 atom stereocenters. The Kier molecular flexibility index (Phi) is 3.43. The van der Waals surface area contributed by atoms with Gasteiger partial charge in [-0.2, -0.15) is 11.3 Å². The highest BCUT2D eigenvalue weighted by Gasteiger charge is 2.03. The summed E-state index contributed by atoms with van der Waals surface area (Å²) < 4.78 is 3.15. The summed E-state index contributed by atoms with van der Waals surface area (Å²) in [7, 11) is 0. The fraction of sp³-hybridized carbons (Fsp3) is 0.100. The van der Waals surface area contributed by atoms with Crippen LogP contribution in [0.1, 0.15) is 5.56 Å². The van der Waals surface area contributed by atoms with Gasteiger partial charge in [-0.3, -0.25) is 4.79 Å². The summed E-state index contributed by atoms with van der Waals surface area (Å²) in [6.07, 6.45) is 1.80. The largest absolute Gasteiger partial charge is 0.309 e. The van der Waals surface area contributed by atoms with Gasteiger partial charge in [-0.1, -0.05) is 0 Å². The van der Waals surface area contributed by atoms with Crippen LogP contribution in [0, 0.1) is 0 Å². The van der Waals surface area contributed by atoms with Crippen molar-refractivity contribution < 1.29 is 0 Å². The lowest BCUT2D eigenvalue weighted by atomic mass is 10.3. The van der Waals surface area contributed by atoms with Crippen molar-refractivity contribution in [1.82, 2.24) is 4.57 Å². The van der Waals surface area contributed by atoms with E-state index in [9.17, 15) is 4.79 Å². The van der Waals surface area contributed by atoms with Gasteiger partial charge in [0.25, 0.3) is 5.56 Å². The van der Waals surface area contributed by atoms with Crippen molar-refractivity contribution in [3.63, 3.8) is 0 Å². The third kappa shape index (κ3) is 2.59. The fourth-order valence-corrected chi connectivity index (χ4v) is 3.18. The molecule has 0 aliphatic heterocycles. The Hall–Kier alpha value is -0.390. The summed E-state index contributed by atoms with van der Waals surface area (Å²) in [4.78, 5) is 11.7. The number of pyridine rings is 1. The Morgan fingerprint density at radius 3 is 2.87 bits per heavy atom. The standard InChI is InChI=1S/C10H7Br2NOS/c11-8-3-9(12)10(14)13(5-8)4-7-1-2-15-6-7/h1-3,5-6H,4H2. The lowest BCUT2D eigenvalue weighted by Crippen LogP contribution is -2.20. The maximum Gasteiger partial charge on any atom is 0.265 e. The van der Waals surface area contributed by atoms with Crippen LogP contribution in [0.2, 0.25) is 0 Å². The Morgan fingerprint density at radius 1 is 1.40 bits per heavy atom. The first-order valence-electron chi connectivity index (χ1n) is 4.23. The van der Waals surface area contributed by atoms with E-state index in [4.69, 9.17) is 0 Å². The van der Waals surface area contributed by atoms with Gasteiger partial charge in [0.15, 0.2) is 0 Å². The molecule has 5 heteroatoms. The van der Waals surface area contributed by atoms with Crippen LogP contribution < -0.4 is 5.56 Å². The zero-order valence-electron chi connectivity index (χ0n) is 7.61. The number of halogens is 2. The molecule has 15 heavy (non-hydrogen) atoms. The third-order valence-corrected chi connectivity index (χ3v) is 3.68. The Balaban J connectivity index is 2.41. The van der Waals surface area contributed by atoms with E-state index in [-0.39, 0.29) is 5.56 Å². The molecular weight excluding hydrogens is 342 g/mol. The number of thiophene rings is 1. The van der Waals surface area contributed by atoms with Crippen molar-refractivity contribution in [2.24, 2.45) is 0 Å². The Bertz CT molecular complexity index is 519. The normalized spacial score (nSPS) is 10.5. The van der Waals surface area contributed by atoms with Crippen molar-refractivity contribution in [2.45, 2.75) is 6.54 Å². The minimum atomic E-state index is -0.00981. The molecule has 2 aromatic heterocycles. The summed E-state index contributed by atoms with van der Waals surface area (Å²) in [6, 6.07) is 3.78. The van der Waals surface area contributed by atoms with E-state index in [1.165, 1.54) is 0 Å². The highest BCUT2D eigenvalue weighted by molar-refractivity contribution is 9.11. The average Bonchev–Trinajstić information content (AvgIpc) is 2.66. The highest BCUT2D eigenvalue weighted by atomic mass is 79.9. The molecule has 0 aliphatic carbocycles. The summed E-state index contributed by atoms with van der Waals surface area (Å²) >= 11 is 8.24. The lowest BCUT2D eigenvalue weighted by Gasteiger charge is -2.05. The van der Waals surface area contributed by atoms with Crippen molar-refractivity contribution >= 4 is 43.2 Å². The summed E-state index contributed by atoms with van der Waals surface area (Å²) in [5.74, 6) is 0. The summed E-state index contributed by atoms with van der Waals surface area (Å²) in [6.45, 7) is 0.611. The molecule has 78 valence electrons. The molecule has 2 aromatic rings. The number of aromatic nitrogens is 1. The van der Waals surface area contributed by atoms with E-state index in [2.05, 4.69) is 31.9 Å². The van der Waals surface area contributed by atoms with Gasteiger partial charge >= 0.3 is 0 Å². The van der Waals surface area contributed by atoms with E-state index >= 15 is 0 Å². The first-order valence-corrected chi connectivity index (χ1v) is 6.76. The van der Waals surface area contributed by atoms with Crippen molar-refractivity contribution in [1.29, 1.82) is 0 Å². The molecule has 0 aromatic carbocycles. The van der Waals surface area contributed by atoms with Crippen LogP contribution in [0.3, 0.4) is 0 Å². The van der Waals surface area contributed by atoms with Crippen molar-refractivity contribution in [3.8, 4) is 0 Å². The molecular formula is C10H7Br2NOS. The minimum absolute atomic E-state index is 0.00981. The second kappa shape index (κ2) is 4.63. The van der Waals surface area contributed by atoms with Gasteiger partial charge in [-0.15, -0.1) is 0 Å². The van der Waals surface area contributed by atoms with Crippen molar-refractivity contribution in [3.05, 3.63) is 54.0 Å². The number of rotatable bonds is 2. The summed E-state index contributed by atoms with van der Waals surface area (Å²) in [5.41, 5.74) is 1.14. The van der Waals surface area contributed by atoms with E-state index in [0.717, 1.165) is 10.0 Å². The van der Waals surface area contributed by atoms with Crippen LogP contribution in [-0.4, -0.2) is 4.57 Å². The summed E-state index contributed by atoms with van der Waals surface area (Å²) in [5, 5.41) is 4.05. The topological polar surface area (TPSA) is 22.0 Å². The monoisotopic (exact) mass is 347 g/mol. The van der Waals surface area contributed by atoms with Gasteiger partial charge in [0.1, 0.15) is 0 Å². The maximum atomic E-state index is 11.7. The molecule has 0 aliphatic rings. The molecule has 2 rings (SSSR count). The van der Waals surface area contributed by atoms with Crippen LogP contribution in [0.4, 0.5) is 0 Å². The second-order valence-electron chi connectivity index (χ2n) is 3.07. The SMILES string of the molecule is O=c1c(Br)cc(Br)cn1Cc1ccsc1. The van der Waals surface area contributed by atoms with Crippen LogP contribution in [0.15, 0.2) is 42.8 Å². The third-order valence-electron chi connectivity index (χ3n) is 1.94. The number of nitrogens with zero attached hydrogens (tertiary/aromatic N) is 1. The fourth-order valence-electron chi connectivity index (χ4n) is 1.26. The molecule has 0 bridgehead atoms. The number of hydrogen-bond donors (Lipinski definition) is 0. The first-order chi connectivity index (χ1) is 7.16. The Morgan fingerprint density at radius 2 is 2.20 bits per heavy atom. The molecule has 0 saturated carbocycles. The van der Waals surface area contributed by atoms with Gasteiger partial charge in [-0.05, 0) is 60.3 Å². The van der Waals surface area contributed by atoms with E-state index in [0.29, 0.717) is 11.0 Å². The zero-order chi connectivity index (χ0) is 10.8. The van der Waals surface area contributed by atoms with Gasteiger partial charge in [0.2, 0.25) is 0 Å². The van der Waals surface area contributed by atoms with Crippen LogP contribution in [0.5, 0.6) is 0 Å². The van der Waals surface area contributed by atoms with Crippen molar-refractivity contribution in [2.75, 3.05) is 0 Å². The molecule has 2 nitrogen and oxygen atoms in total. The smallest absolute Gasteiger partial charge is 0.265 e. The minimum Gasteiger partial charge on any atom is -0.309 e. The van der Waals surface area contributed by atoms with Gasteiger partial charge in [-0.25, -0.2) is 0 Å². The molecule has 0 amide bonds. The van der Waals surface area contributed by atoms with E-state index in [1.807, 2.05) is 16.8 Å². The van der Waals surface area contributed by atoms with Crippen LogP contribution >= 0.6 is 43.2 Å². The van der Waals surface area contributed by atoms with Gasteiger partial charge < -0.3 is 4.57 Å². The van der Waals surface area contributed by atoms with Crippen LogP contribution in [0.25, 0.3) is 0 Å². The molecule has 0 N–H and O–H groups in total. The Labute approximate surface area is 108 Å². The molecule has 0 fully saturated rings. The quantitative estimate of drug-likeness (QED) is 0.814. The van der Waals surface area contributed by atoms with Gasteiger partial charge in [0, 0.05) is 10.7 Å². The predicted octanol–water partition coefficient (Wildman–Crippen LogP) is 3.48. The van der Waals surface area contributed by atoms with Crippen LogP contribution in [-0.2, 0) is 6.54 Å². The molecule has 0 radical (unpaired) electrons. The molecule has 0 unspecified atom stereocenters. The van der Waals surface area contributed by atoms with Gasteiger partial charge in [0.05, 0.1) is 11.0 Å². The highest BCUT2D eigenvalue weighted by Crippen LogP contribution is 2.14. The maximum absolute atomic E-state index is 11.7. The molecule has 2 heterocycles. The molecule has 0 spiro atoms. The van der Waals surface area contributed by atoms with E-state index < -0.39 is 0 Å².